The number of ether oxygens (including phenoxy) is 1. The zero-order valence-corrected chi connectivity index (χ0v) is 9.41. The van der Waals surface area contributed by atoms with E-state index in [0.717, 1.165) is 0 Å². The minimum atomic E-state index is 0.181. The minimum absolute atomic E-state index is 0.181. The van der Waals surface area contributed by atoms with Gasteiger partial charge in [-0.05, 0) is 41.1 Å². The summed E-state index contributed by atoms with van der Waals surface area (Å²) in [5.74, 6) is 0. The lowest BCUT2D eigenvalue weighted by Crippen LogP contribution is -2.06. The normalized spacial score (nSPS) is 12.9. The first-order valence-corrected chi connectivity index (χ1v) is 4.94. The van der Waals surface area contributed by atoms with Crippen LogP contribution < -0.4 is 0 Å². The summed E-state index contributed by atoms with van der Waals surface area (Å²) in [5.41, 5.74) is 1.24. The van der Waals surface area contributed by atoms with E-state index in [1.165, 1.54) is 9.13 Å². The molecule has 1 aromatic carbocycles. The standard InChI is InChI=1S/C10H12IO/c1-8(12-2)7-9-5-3-4-6-10(9)11/h3-8H,1-2H3. The van der Waals surface area contributed by atoms with Crippen LogP contribution in [0.1, 0.15) is 12.5 Å². The van der Waals surface area contributed by atoms with Gasteiger partial charge in [-0.25, -0.2) is 0 Å². The highest BCUT2D eigenvalue weighted by atomic mass is 127. The van der Waals surface area contributed by atoms with E-state index in [4.69, 9.17) is 4.74 Å². The number of methoxy groups -OCH3 is 1. The predicted octanol–water partition coefficient (Wildman–Crippen LogP) is 2.88. The van der Waals surface area contributed by atoms with E-state index < -0.39 is 0 Å². The molecule has 1 unspecified atom stereocenters. The molecule has 2 heteroatoms. The maximum absolute atomic E-state index is 5.15. The van der Waals surface area contributed by atoms with E-state index in [0.29, 0.717) is 0 Å². The Bertz CT molecular complexity index is 247. The van der Waals surface area contributed by atoms with E-state index in [1.54, 1.807) is 7.11 Å². The van der Waals surface area contributed by atoms with Gasteiger partial charge in [0.05, 0.1) is 6.10 Å². The molecule has 1 nitrogen and oxygen atoms in total. The molecule has 0 aliphatic heterocycles. The number of hydrogen-bond acceptors (Lipinski definition) is 1. The number of rotatable bonds is 3. The van der Waals surface area contributed by atoms with Crippen LogP contribution in [-0.4, -0.2) is 13.2 Å². The van der Waals surface area contributed by atoms with Gasteiger partial charge in [0.1, 0.15) is 0 Å². The Morgan fingerprint density at radius 1 is 1.42 bits per heavy atom. The molecule has 1 rings (SSSR count). The molecular weight excluding hydrogens is 263 g/mol. The zero-order valence-electron chi connectivity index (χ0n) is 7.25. The van der Waals surface area contributed by atoms with Crippen LogP contribution >= 0.6 is 22.6 Å². The lowest BCUT2D eigenvalue weighted by Gasteiger charge is -2.09. The highest BCUT2D eigenvalue weighted by molar-refractivity contribution is 14.1. The van der Waals surface area contributed by atoms with Gasteiger partial charge in [0.15, 0.2) is 0 Å². The summed E-state index contributed by atoms with van der Waals surface area (Å²) >= 11 is 2.32. The summed E-state index contributed by atoms with van der Waals surface area (Å²) in [5, 5.41) is 0. The molecule has 0 aliphatic carbocycles. The van der Waals surface area contributed by atoms with E-state index in [2.05, 4.69) is 41.1 Å². The quantitative estimate of drug-likeness (QED) is 0.771. The predicted molar refractivity (Wildman–Crippen MR) is 59.0 cm³/mol. The van der Waals surface area contributed by atoms with Gasteiger partial charge in [0.2, 0.25) is 0 Å². The molecule has 0 fully saturated rings. The molecule has 0 aliphatic rings. The first-order chi connectivity index (χ1) is 5.74. The van der Waals surface area contributed by atoms with Crippen molar-refractivity contribution in [2.45, 2.75) is 13.0 Å². The average Bonchev–Trinajstić information content (AvgIpc) is 2.09. The number of benzene rings is 1. The van der Waals surface area contributed by atoms with Crippen molar-refractivity contribution in [2.24, 2.45) is 0 Å². The molecule has 0 saturated heterocycles. The molecular formula is C10H12IO. The topological polar surface area (TPSA) is 9.23 Å². The number of halogens is 1. The highest BCUT2D eigenvalue weighted by Gasteiger charge is 2.04. The van der Waals surface area contributed by atoms with Crippen molar-refractivity contribution in [2.75, 3.05) is 7.11 Å². The van der Waals surface area contributed by atoms with Gasteiger partial charge in [-0.15, -0.1) is 0 Å². The van der Waals surface area contributed by atoms with Gasteiger partial charge in [0, 0.05) is 17.1 Å². The monoisotopic (exact) mass is 275 g/mol. The minimum Gasteiger partial charge on any atom is -0.381 e. The first-order valence-electron chi connectivity index (χ1n) is 3.86. The fourth-order valence-electron chi connectivity index (χ4n) is 0.931. The zero-order chi connectivity index (χ0) is 8.97. The molecule has 65 valence electrons. The van der Waals surface area contributed by atoms with Crippen molar-refractivity contribution in [3.8, 4) is 0 Å². The Labute approximate surface area is 87.3 Å². The third-order valence-corrected chi connectivity index (χ3v) is 2.67. The maximum atomic E-state index is 5.15. The van der Waals surface area contributed by atoms with Gasteiger partial charge in [-0.2, -0.15) is 0 Å². The van der Waals surface area contributed by atoms with E-state index in [9.17, 15) is 0 Å². The van der Waals surface area contributed by atoms with Gasteiger partial charge in [-0.1, -0.05) is 18.2 Å². The molecule has 0 amide bonds. The molecule has 1 radical (unpaired) electrons. The van der Waals surface area contributed by atoms with E-state index in [1.807, 2.05) is 19.1 Å². The Kier molecular flexibility index (Phi) is 4.01. The third kappa shape index (κ3) is 2.75. The highest BCUT2D eigenvalue weighted by Crippen LogP contribution is 2.15. The van der Waals surface area contributed by atoms with Crippen LogP contribution in [0, 0.1) is 9.99 Å². The molecule has 1 atom stereocenters. The SMILES string of the molecule is COC(C)[CH]c1ccccc1I. The third-order valence-electron chi connectivity index (χ3n) is 1.69. The van der Waals surface area contributed by atoms with Crippen LogP contribution in [0.2, 0.25) is 0 Å². The summed E-state index contributed by atoms with van der Waals surface area (Å²) in [7, 11) is 1.72. The summed E-state index contributed by atoms with van der Waals surface area (Å²) in [6.45, 7) is 2.03. The summed E-state index contributed by atoms with van der Waals surface area (Å²) in [6, 6.07) is 8.26. The fraction of sp³-hybridized carbons (Fsp3) is 0.300. The molecule has 0 aromatic heterocycles. The first kappa shape index (κ1) is 9.99. The lowest BCUT2D eigenvalue weighted by molar-refractivity contribution is 0.146. The smallest absolute Gasteiger partial charge is 0.0618 e. The average molecular weight is 275 g/mol. The molecule has 0 saturated carbocycles. The van der Waals surface area contributed by atoms with Crippen LogP contribution in [0.4, 0.5) is 0 Å². The van der Waals surface area contributed by atoms with E-state index in [-0.39, 0.29) is 6.10 Å². The van der Waals surface area contributed by atoms with Crippen LogP contribution in [0.3, 0.4) is 0 Å². The second-order valence-electron chi connectivity index (χ2n) is 2.63. The lowest BCUT2D eigenvalue weighted by atomic mass is 10.1. The van der Waals surface area contributed by atoms with Gasteiger partial charge < -0.3 is 4.74 Å². The van der Waals surface area contributed by atoms with Crippen LogP contribution in [0.25, 0.3) is 0 Å². The van der Waals surface area contributed by atoms with Gasteiger partial charge in [0.25, 0.3) is 0 Å². The molecule has 0 heterocycles. The Morgan fingerprint density at radius 3 is 2.67 bits per heavy atom. The van der Waals surface area contributed by atoms with Crippen molar-refractivity contribution in [1.29, 1.82) is 0 Å². The van der Waals surface area contributed by atoms with Crippen molar-refractivity contribution in [1.82, 2.24) is 0 Å². The summed E-state index contributed by atoms with van der Waals surface area (Å²) in [6.07, 6.45) is 2.29. The van der Waals surface area contributed by atoms with Gasteiger partial charge in [-0.3, -0.25) is 0 Å². The second kappa shape index (κ2) is 4.82. The Hall–Kier alpha value is -0.0900. The largest absolute Gasteiger partial charge is 0.381 e. The van der Waals surface area contributed by atoms with Crippen LogP contribution in [0.5, 0.6) is 0 Å². The second-order valence-corrected chi connectivity index (χ2v) is 3.79. The summed E-state index contributed by atoms with van der Waals surface area (Å²) < 4.78 is 6.41. The van der Waals surface area contributed by atoms with Crippen LogP contribution in [0.15, 0.2) is 24.3 Å². The van der Waals surface area contributed by atoms with Crippen molar-refractivity contribution >= 4 is 22.6 Å². The Balaban J connectivity index is 2.69. The maximum Gasteiger partial charge on any atom is 0.0618 e. The van der Waals surface area contributed by atoms with E-state index >= 15 is 0 Å². The Morgan fingerprint density at radius 2 is 2.08 bits per heavy atom. The molecule has 12 heavy (non-hydrogen) atoms. The van der Waals surface area contributed by atoms with Crippen molar-refractivity contribution < 1.29 is 4.74 Å². The van der Waals surface area contributed by atoms with Crippen LogP contribution in [-0.2, 0) is 4.74 Å². The van der Waals surface area contributed by atoms with Crippen molar-refractivity contribution in [3.05, 3.63) is 39.8 Å². The summed E-state index contributed by atoms with van der Waals surface area (Å²) in [4.78, 5) is 0. The molecule has 0 bridgehead atoms. The molecule has 0 spiro atoms. The molecule has 0 N–H and O–H groups in total. The van der Waals surface area contributed by atoms with Crippen molar-refractivity contribution in [3.63, 3.8) is 0 Å². The number of hydrogen-bond donors (Lipinski definition) is 0. The molecule has 1 aromatic rings. The fourth-order valence-corrected chi connectivity index (χ4v) is 1.50. The van der Waals surface area contributed by atoms with Gasteiger partial charge >= 0.3 is 0 Å².